The van der Waals surface area contributed by atoms with Crippen LogP contribution in [0.5, 0.6) is 0 Å². The van der Waals surface area contributed by atoms with E-state index >= 15 is 0 Å². The van der Waals surface area contributed by atoms with Gasteiger partial charge in [-0.25, -0.2) is 0 Å². The lowest BCUT2D eigenvalue weighted by Gasteiger charge is -2.33. The third-order valence-electron chi connectivity index (χ3n) is 4.17. The number of nitrogens with one attached hydrogen (secondary N) is 1. The number of rotatable bonds is 5. The van der Waals surface area contributed by atoms with E-state index in [9.17, 15) is 5.26 Å². The summed E-state index contributed by atoms with van der Waals surface area (Å²) < 4.78 is 0. The molecule has 0 spiro atoms. The van der Waals surface area contributed by atoms with Crippen LogP contribution in [0, 0.1) is 31.1 Å². The highest BCUT2D eigenvalue weighted by atomic mass is 15.2. The molecular weight excluding hydrogens is 234 g/mol. The molecular formula is C16H23N3. The van der Waals surface area contributed by atoms with Crippen molar-refractivity contribution < 1.29 is 0 Å². The molecule has 3 heteroatoms. The third kappa shape index (κ3) is 2.74. The Balaban J connectivity index is 2.20. The van der Waals surface area contributed by atoms with E-state index in [1.165, 1.54) is 16.8 Å². The SMILES string of the molecule is CNC(C#N)(CN(C)c1ccc(C)cc1C)C1CC1. The van der Waals surface area contributed by atoms with Crippen molar-refractivity contribution in [1.82, 2.24) is 5.32 Å². The van der Waals surface area contributed by atoms with Crippen LogP contribution in [-0.2, 0) is 0 Å². The minimum atomic E-state index is -0.411. The summed E-state index contributed by atoms with van der Waals surface area (Å²) in [5, 5.41) is 12.8. The topological polar surface area (TPSA) is 39.1 Å². The Hall–Kier alpha value is -1.53. The van der Waals surface area contributed by atoms with Crippen molar-refractivity contribution in [3.8, 4) is 6.07 Å². The molecule has 1 N–H and O–H groups in total. The Labute approximate surface area is 116 Å². The number of likely N-dealkylation sites (N-methyl/N-ethyl adjacent to an activating group) is 2. The lowest BCUT2D eigenvalue weighted by atomic mass is 9.94. The van der Waals surface area contributed by atoms with Gasteiger partial charge in [0.1, 0.15) is 5.54 Å². The maximum absolute atomic E-state index is 9.56. The summed E-state index contributed by atoms with van der Waals surface area (Å²) in [5.74, 6) is 0.496. The fourth-order valence-electron chi connectivity index (χ4n) is 2.86. The van der Waals surface area contributed by atoms with E-state index in [2.05, 4.69) is 55.4 Å². The van der Waals surface area contributed by atoms with Gasteiger partial charge in [-0.1, -0.05) is 17.7 Å². The third-order valence-corrected chi connectivity index (χ3v) is 4.17. The van der Waals surface area contributed by atoms with Crippen LogP contribution < -0.4 is 10.2 Å². The van der Waals surface area contributed by atoms with E-state index in [4.69, 9.17) is 0 Å². The first-order valence-electron chi connectivity index (χ1n) is 6.91. The zero-order chi connectivity index (χ0) is 14.0. The highest BCUT2D eigenvalue weighted by Gasteiger charge is 2.45. The molecule has 0 aromatic heterocycles. The molecule has 1 saturated carbocycles. The highest BCUT2D eigenvalue weighted by molar-refractivity contribution is 5.54. The smallest absolute Gasteiger partial charge is 0.126 e. The summed E-state index contributed by atoms with van der Waals surface area (Å²) in [7, 11) is 3.97. The minimum Gasteiger partial charge on any atom is -0.371 e. The van der Waals surface area contributed by atoms with Crippen LogP contribution in [0.25, 0.3) is 0 Å². The molecule has 102 valence electrons. The number of benzene rings is 1. The van der Waals surface area contributed by atoms with Gasteiger partial charge in [0.05, 0.1) is 6.07 Å². The fourth-order valence-corrected chi connectivity index (χ4v) is 2.86. The van der Waals surface area contributed by atoms with Crippen LogP contribution in [0.4, 0.5) is 5.69 Å². The molecule has 1 aromatic carbocycles. The van der Waals surface area contributed by atoms with Crippen LogP contribution in [-0.4, -0.2) is 26.2 Å². The number of hydrogen-bond acceptors (Lipinski definition) is 3. The molecule has 1 aromatic rings. The molecule has 1 aliphatic carbocycles. The van der Waals surface area contributed by atoms with Crippen LogP contribution in [0.15, 0.2) is 18.2 Å². The van der Waals surface area contributed by atoms with E-state index in [1.807, 2.05) is 7.05 Å². The van der Waals surface area contributed by atoms with Gasteiger partial charge in [-0.15, -0.1) is 0 Å². The molecule has 0 bridgehead atoms. The first-order chi connectivity index (χ1) is 9.02. The van der Waals surface area contributed by atoms with Crippen molar-refractivity contribution in [3.05, 3.63) is 29.3 Å². The second-order valence-corrected chi connectivity index (χ2v) is 5.75. The second kappa shape index (κ2) is 5.22. The molecule has 0 amide bonds. The number of nitriles is 1. The van der Waals surface area contributed by atoms with Crippen molar-refractivity contribution in [3.63, 3.8) is 0 Å². The maximum Gasteiger partial charge on any atom is 0.126 e. The normalized spacial score (nSPS) is 17.6. The summed E-state index contributed by atoms with van der Waals surface area (Å²) in [6.07, 6.45) is 2.32. The number of aryl methyl sites for hydroxylation is 2. The van der Waals surface area contributed by atoms with E-state index < -0.39 is 5.54 Å². The first-order valence-corrected chi connectivity index (χ1v) is 6.91. The lowest BCUT2D eigenvalue weighted by Crippen LogP contribution is -2.52. The Morgan fingerprint density at radius 3 is 2.58 bits per heavy atom. The predicted octanol–water partition coefficient (Wildman–Crippen LogP) is 2.63. The average molecular weight is 257 g/mol. The Bertz CT molecular complexity index is 499. The molecule has 0 heterocycles. The fraction of sp³-hybridized carbons (Fsp3) is 0.562. The first kappa shape index (κ1) is 13.9. The summed E-state index contributed by atoms with van der Waals surface area (Å²) in [4.78, 5) is 2.20. The Morgan fingerprint density at radius 2 is 2.11 bits per heavy atom. The lowest BCUT2D eigenvalue weighted by molar-refractivity contribution is 0.398. The molecule has 1 unspecified atom stereocenters. The van der Waals surface area contributed by atoms with Crippen molar-refractivity contribution in [2.24, 2.45) is 5.92 Å². The second-order valence-electron chi connectivity index (χ2n) is 5.75. The van der Waals surface area contributed by atoms with Gasteiger partial charge in [0.15, 0.2) is 0 Å². The van der Waals surface area contributed by atoms with Crippen molar-refractivity contribution >= 4 is 5.69 Å². The Morgan fingerprint density at radius 1 is 1.42 bits per heavy atom. The number of hydrogen-bond donors (Lipinski definition) is 1. The van der Waals surface area contributed by atoms with E-state index in [-0.39, 0.29) is 0 Å². The van der Waals surface area contributed by atoms with E-state index in [0.29, 0.717) is 5.92 Å². The molecule has 1 aliphatic rings. The molecule has 1 fully saturated rings. The molecule has 0 saturated heterocycles. The van der Waals surface area contributed by atoms with Crippen LogP contribution >= 0.6 is 0 Å². The van der Waals surface area contributed by atoms with Gasteiger partial charge in [-0.2, -0.15) is 5.26 Å². The summed E-state index contributed by atoms with van der Waals surface area (Å²) >= 11 is 0. The Kier molecular flexibility index (Phi) is 3.82. The largest absolute Gasteiger partial charge is 0.371 e. The average Bonchev–Trinajstić information content (AvgIpc) is 3.20. The summed E-state index contributed by atoms with van der Waals surface area (Å²) in [5.41, 5.74) is 3.34. The molecule has 0 radical (unpaired) electrons. The molecule has 19 heavy (non-hydrogen) atoms. The molecule has 0 aliphatic heterocycles. The van der Waals surface area contributed by atoms with Gasteiger partial charge in [0, 0.05) is 19.3 Å². The van der Waals surface area contributed by atoms with Crippen molar-refractivity contribution in [1.29, 1.82) is 5.26 Å². The van der Waals surface area contributed by atoms with E-state index in [0.717, 1.165) is 19.4 Å². The van der Waals surface area contributed by atoms with Gasteiger partial charge in [0.2, 0.25) is 0 Å². The maximum atomic E-state index is 9.56. The minimum absolute atomic E-state index is 0.411. The van der Waals surface area contributed by atoms with Crippen LogP contribution in [0.1, 0.15) is 24.0 Å². The van der Waals surface area contributed by atoms with Crippen LogP contribution in [0.3, 0.4) is 0 Å². The molecule has 1 atom stereocenters. The van der Waals surface area contributed by atoms with E-state index in [1.54, 1.807) is 0 Å². The van der Waals surface area contributed by atoms with Crippen molar-refractivity contribution in [2.75, 3.05) is 25.5 Å². The van der Waals surface area contributed by atoms with Crippen molar-refractivity contribution in [2.45, 2.75) is 32.2 Å². The summed E-state index contributed by atoms with van der Waals surface area (Å²) in [6.45, 7) is 4.96. The number of anilines is 1. The zero-order valence-corrected chi connectivity index (χ0v) is 12.3. The van der Waals surface area contributed by atoms with Gasteiger partial charge in [-0.3, -0.25) is 0 Å². The molecule has 3 nitrogen and oxygen atoms in total. The molecule has 2 rings (SSSR count). The standard InChI is InChI=1S/C16H23N3/c1-12-5-8-15(13(2)9-12)19(4)11-16(10-17,18-3)14-6-7-14/h5,8-9,14,18H,6-7,11H2,1-4H3. The van der Waals surface area contributed by atoms with Crippen LogP contribution in [0.2, 0.25) is 0 Å². The quantitative estimate of drug-likeness (QED) is 0.881. The van der Waals surface area contributed by atoms with Gasteiger partial charge >= 0.3 is 0 Å². The zero-order valence-electron chi connectivity index (χ0n) is 12.3. The van der Waals surface area contributed by atoms with Gasteiger partial charge in [-0.05, 0) is 51.3 Å². The van der Waals surface area contributed by atoms with Gasteiger partial charge < -0.3 is 10.2 Å². The number of nitrogens with zero attached hydrogens (tertiary/aromatic N) is 2. The predicted molar refractivity (Wildman–Crippen MR) is 79.3 cm³/mol. The monoisotopic (exact) mass is 257 g/mol. The summed E-state index contributed by atoms with van der Waals surface area (Å²) in [6, 6.07) is 8.97. The van der Waals surface area contributed by atoms with Gasteiger partial charge in [0.25, 0.3) is 0 Å². The highest BCUT2D eigenvalue weighted by Crippen LogP contribution is 2.40.